The molecule has 1 aliphatic heterocycles. The van der Waals surface area contributed by atoms with Gasteiger partial charge in [0.2, 0.25) is 0 Å². The number of rotatable bonds is 4. The molecule has 1 saturated heterocycles. The second-order valence-corrected chi connectivity index (χ2v) is 13.1. The topological polar surface area (TPSA) is 36.4 Å². The van der Waals surface area contributed by atoms with Crippen molar-refractivity contribution in [3.8, 4) is 16.9 Å². The van der Waals surface area contributed by atoms with E-state index < -0.39 is 0 Å². The van der Waals surface area contributed by atoms with Gasteiger partial charge in [0.05, 0.1) is 9.88 Å². The number of hydrogen-bond acceptors (Lipinski definition) is 4. The van der Waals surface area contributed by atoms with Gasteiger partial charge in [-0.3, -0.25) is 0 Å². The molecular formula is C32H36N2OS. The Morgan fingerprint density at radius 1 is 0.917 bits per heavy atom. The van der Waals surface area contributed by atoms with E-state index >= 15 is 0 Å². The average Bonchev–Trinajstić information content (AvgIpc) is 3.24. The molecule has 0 unspecified atom stereocenters. The predicted molar refractivity (Wildman–Crippen MR) is 150 cm³/mol. The van der Waals surface area contributed by atoms with Gasteiger partial charge in [-0.2, -0.15) is 0 Å². The molecule has 3 nitrogen and oxygen atoms in total. The molecule has 36 heavy (non-hydrogen) atoms. The molecule has 5 fully saturated rings. The van der Waals surface area contributed by atoms with Crippen molar-refractivity contribution in [2.75, 3.05) is 18.0 Å². The van der Waals surface area contributed by atoms with Crippen LogP contribution >= 0.6 is 11.3 Å². The van der Waals surface area contributed by atoms with Crippen LogP contribution in [-0.2, 0) is 5.41 Å². The van der Waals surface area contributed by atoms with Gasteiger partial charge >= 0.3 is 0 Å². The van der Waals surface area contributed by atoms with Crippen molar-refractivity contribution in [1.82, 2.24) is 4.98 Å². The molecule has 0 amide bonds. The van der Waals surface area contributed by atoms with Crippen LogP contribution in [0.15, 0.2) is 42.5 Å². The summed E-state index contributed by atoms with van der Waals surface area (Å²) in [7, 11) is 0. The summed E-state index contributed by atoms with van der Waals surface area (Å²) in [5.74, 6) is 3.14. The summed E-state index contributed by atoms with van der Waals surface area (Å²) in [6, 6.07) is 15.1. The van der Waals surface area contributed by atoms with Crippen molar-refractivity contribution in [2.45, 2.75) is 63.2 Å². The Kier molecular flexibility index (Phi) is 5.50. The highest BCUT2D eigenvalue weighted by Gasteiger charge is 2.51. The van der Waals surface area contributed by atoms with Crippen LogP contribution in [0.25, 0.3) is 23.8 Å². The highest BCUT2D eigenvalue weighted by Crippen LogP contribution is 2.61. The van der Waals surface area contributed by atoms with E-state index in [0.29, 0.717) is 11.2 Å². The summed E-state index contributed by atoms with van der Waals surface area (Å²) >= 11 is 1.75. The Balaban J connectivity index is 1.17. The molecule has 1 N–H and O–H groups in total. The van der Waals surface area contributed by atoms with Gasteiger partial charge in [-0.25, -0.2) is 4.98 Å². The van der Waals surface area contributed by atoms with Crippen LogP contribution in [0.2, 0.25) is 0 Å². The number of piperidine rings is 1. The van der Waals surface area contributed by atoms with Crippen LogP contribution in [0.5, 0.6) is 5.75 Å². The molecule has 8 rings (SSSR count). The van der Waals surface area contributed by atoms with E-state index in [-0.39, 0.29) is 0 Å². The molecule has 4 heteroatoms. The van der Waals surface area contributed by atoms with Gasteiger partial charge in [0.1, 0.15) is 5.75 Å². The minimum Gasteiger partial charge on any atom is -0.507 e. The number of aromatic hydroxyl groups is 1. The van der Waals surface area contributed by atoms with Gasteiger partial charge in [-0.1, -0.05) is 48.2 Å². The average molecular weight is 497 g/mol. The monoisotopic (exact) mass is 496 g/mol. The Bertz CT molecular complexity index is 1350. The third-order valence-corrected chi connectivity index (χ3v) is 10.6. The van der Waals surface area contributed by atoms with E-state index in [9.17, 15) is 5.11 Å². The Labute approximate surface area is 218 Å². The van der Waals surface area contributed by atoms with Crippen LogP contribution in [0, 0.1) is 17.8 Å². The molecule has 5 aliphatic rings. The van der Waals surface area contributed by atoms with Crippen LogP contribution in [-0.4, -0.2) is 23.2 Å². The summed E-state index contributed by atoms with van der Waals surface area (Å²) in [5.41, 5.74) is 5.01. The molecule has 4 saturated carbocycles. The fourth-order valence-electron chi connectivity index (χ4n) is 8.16. The minimum absolute atomic E-state index is 0.341. The largest absolute Gasteiger partial charge is 0.507 e. The Morgan fingerprint density at radius 2 is 1.58 bits per heavy atom. The molecule has 2 aromatic carbocycles. The number of benzene rings is 2. The number of aromatic nitrogens is 1. The molecule has 186 valence electrons. The fourth-order valence-corrected chi connectivity index (χ4v) is 9.18. The predicted octanol–water partition coefficient (Wildman–Crippen LogP) is 6.21. The molecule has 0 radical (unpaired) electrons. The van der Waals surface area contributed by atoms with Gasteiger partial charge in [0.15, 0.2) is 5.13 Å². The fraction of sp³-hybridized carbons (Fsp3) is 0.469. The van der Waals surface area contributed by atoms with Crippen LogP contribution in [0.3, 0.4) is 0 Å². The first-order valence-corrected chi connectivity index (χ1v) is 14.7. The standard InChI is InChI=1S/C32H36N2OS/c1-21-30(36-31(33-21)34-11-3-2-4-12-34)16-22-5-7-26(8-6-22)28-17-27(9-10-29(28)35)32-18-23-13-24(19-32)15-25(14-23)20-32/h5-10,16-17,23-25,35H,1-4,11-15,18-20H2/b30-16-. The maximum absolute atomic E-state index is 10.8. The van der Waals surface area contributed by atoms with E-state index in [0.717, 1.165) is 62.5 Å². The van der Waals surface area contributed by atoms with Gasteiger partial charge in [0.25, 0.3) is 0 Å². The van der Waals surface area contributed by atoms with E-state index in [2.05, 4.69) is 54.0 Å². The first kappa shape index (κ1) is 22.6. The normalized spacial score (nSPS) is 29.7. The number of thiazole rings is 1. The van der Waals surface area contributed by atoms with Crippen molar-refractivity contribution in [2.24, 2.45) is 17.8 Å². The lowest BCUT2D eigenvalue weighted by molar-refractivity contribution is -0.00518. The van der Waals surface area contributed by atoms with Gasteiger partial charge < -0.3 is 10.0 Å². The van der Waals surface area contributed by atoms with E-state index in [1.807, 2.05) is 6.07 Å². The number of hydrogen-bond donors (Lipinski definition) is 1. The lowest BCUT2D eigenvalue weighted by Crippen LogP contribution is -2.48. The molecule has 0 spiro atoms. The van der Waals surface area contributed by atoms with Crippen molar-refractivity contribution in [3.05, 3.63) is 63.5 Å². The van der Waals surface area contributed by atoms with Crippen molar-refractivity contribution >= 4 is 29.1 Å². The van der Waals surface area contributed by atoms with Crippen molar-refractivity contribution in [3.63, 3.8) is 0 Å². The summed E-state index contributed by atoms with van der Waals surface area (Å²) in [5, 5.41) is 12.8. The molecule has 2 heterocycles. The second-order valence-electron chi connectivity index (χ2n) is 12.1. The van der Waals surface area contributed by atoms with Crippen LogP contribution in [0.4, 0.5) is 5.13 Å². The number of phenolic OH excluding ortho intramolecular Hbond substituents is 1. The molecule has 3 aromatic rings. The SMILES string of the molecule is C=c1nc(N2CCCCC2)s/c1=C\c1ccc(-c2cc(C34CC5CC(CC(C5)C3)C4)ccc2O)cc1. The molecule has 0 atom stereocenters. The number of anilines is 1. The first-order chi connectivity index (χ1) is 17.5. The lowest BCUT2D eigenvalue weighted by Gasteiger charge is -2.57. The molecule has 4 aliphatic carbocycles. The minimum atomic E-state index is 0.341. The van der Waals surface area contributed by atoms with E-state index in [1.54, 1.807) is 11.3 Å². The zero-order valence-corrected chi connectivity index (χ0v) is 21.9. The molecule has 4 bridgehead atoms. The Morgan fingerprint density at radius 3 is 2.25 bits per heavy atom. The summed E-state index contributed by atoms with van der Waals surface area (Å²) in [6.45, 7) is 6.41. The molecule has 1 aromatic heterocycles. The van der Waals surface area contributed by atoms with Gasteiger partial charge in [-0.15, -0.1) is 0 Å². The number of phenols is 1. The van der Waals surface area contributed by atoms with E-state index in [1.165, 1.54) is 63.4 Å². The smallest absolute Gasteiger partial charge is 0.186 e. The summed E-state index contributed by atoms with van der Waals surface area (Å²) in [4.78, 5) is 7.17. The maximum Gasteiger partial charge on any atom is 0.186 e. The maximum atomic E-state index is 10.8. The third kappa shape index (κ3) is 3.98. The third-order valence-electron chi connectivity index (χ3n) is 9.51. The van der Waals surface area contributed by atoms with Crippen molar-refractivity contribution in [1.29, 1.82) is 0 Å². The van der Waals surface area contributed by atoms with E-state index in [4.69, 9.17) is 4.98 Å². The highest BCUT2D eigenvalue weighted by molar-refractivity contribution is 7.13. The van der Waals surface area contributed by atoms with Gasteiger partial charge in [-0.05, 0) is 116 Å². The highest BCUT2D eigenvalue weighted by atomic mass is 32.1. The summed E-state index contributed by atoms with van der Waals surface area (Å²) < 4.78 is 1.13. The van der Waals surface area contributed by atoms with Gasteiger partial charge in [0, 0.05) is 18.7 Å². The van der Waals surface area contributed by atoms with Crippen molar-refractivity contribution < 1.29 is 5.11 Å². The number of nitrogens with zero attached hydrogens (tertiary/aromatic N) is 2. The second kappa shape index (κ2) is 8.76. The van der Waals surface area contributed by atoms with Crippen LogP contribution in [0.1, 0.15) is 68.9 Å². The first-order valence-electron chi connectivity index (χ1n) is 13.9. The lowest BCUT2D eigenvalue weighted by atomic mass is 9.48. The quantitative estimate of drug-likeness (QED) is 0.466. The Hall–Kier alpha value is -2.59. The summed E-state index contributed by atoms with van der Waals surface area (Å²) in [6.07, 6.45) is 14.4. The zero-order chi connectivity index (χ0) is 24.3. The molecular weight excluding hydrogens is 460 g/mol. The zero-order valence-electron chi connectivity index (χ0n) is 21.1. The van der Waals surface area contributed by atoms with Crippen LogP contribution < -0.4 is 14.8 Å².